The SMILES string of the molecule is CC[C@H](CO)NS(=O)(=O)N1CCC(CNC(=O)c2ccccc2OC)(c2ccccc2)CC1. The summed E-state index contributed by atoms with van der Waals surface area (Å²) >= 11 is 0. The number of nitrogens with one attached hydrogen (secondary N) is 2. The molecule has 0 saturated carbocycles. The van der Waals surface area contributed by atoms with Crippen LogP contribution in [-0.4, -0.2) is 63.1 Å². The van der Waals surface area contributed by atoms with Gasteiger partial charge in [-0.2, -0.15) is 17.4 Å². The number of methoxy groups -OCH3 is 1. The van der Waals surface area contributed by atoms with Gasteiger partial charge in [0.2, 0.25) is 0 Å². The van der Waals surface area contributed by atoms with E-state index < -0.39 is 21.7 Å². The van der Waals surface area contributed by atoms with E-state index in [9.17, 15) is 18.3 Å². The van der Waals surface area contributed by atoms with Gasteiger partial charge in [-0.15, -0.1) is 0 Å². The minimum Gasteiger partial charge on any atom is -0.496 e. The lowest BCUT2D eigenvalue weighted by molar-refractivity contribution is 0.0929. The maximum absolute atomic E-state index is 12.9. The van der Waals surface area contributed by atoms with Crippen molar-refractivity contribution in [3.8, 4) is 5.75 Å². The Hall–Kier alpha value is -2.46. The van der Waals surface area contributed by atoms with Gasteiger partial charge in [-0.05, 0) is 37.0 Å². The van der Waals surface area contributed by atoms with Crippen molar-refractivity contribution >= 4 is 16.1 Å². The summed E-state index contributed by atoms with van der Waals surface area (Å²) in [5.74, 6) is 0.276. The van der Waals surface area contributed by atoms with E-state index >= 15 is 0 Å². The Labute approximate surface area is 196 Å². The third kappa shape index (κ3) is 5.92. The van der Waals surface area contributed by atoms with Crippen LogP contribution in [0.15, 0.2) is 54.6 Å². The number of ether oxygens (including phenoxy) is 1. The van der Waals surface area contributed by atoms with Gasteiger partial charge in [0, 0.05) is 31.1 Å². The van der Waals surface area contributed by atoms with Gasteiger partial charge in [-0.3, -0.25) is 4.79 Å². The fourth-order valence-corrected chi connectivity index (χ4v) is 5.70. The maximum atomic E-state index is 12.9. The number of nitrogens with zero attached hydrogens (tertiary/aromatic N) is 1. The summed E-state index contributed by atoms with van der Waals surface area (Å²) in [5.41, 5.74) is 1.13. The van der Waals surface area contributed by atoms with Crippen LogP contribution < -0.4 is 14.8 Å². The molecule has 1 atom stereocenters. The van der Waals surface area contributed by atoms with Crippen molar-refractivity contribution in [3.63, 3.8) is 0 Å². The summed E-state index contributed by atoms with van der Waals surface area (Å²) in [5, 5.41) is 12.4. The second-order valence-corrected chi connectivity index (χ2v) is 10.0. The number of carbonyl (C=O) groups is 1. The zero-order chi connectivity index (χ0) is 23.9. The van der Waals surface area contributed by atoms with E-state index in [-0.39, 0.29) is 12.5 Å². The monoisotopic (exact) mass is 475 g/mol. The van der Waals surface area contributed by atoms with Crippen molar-refractivity contribution in [1.29, 1.82) is 0 Å². The second-order valence-electron chi connectivity index (χ2n) is 8.34. The van der Waals surface area contributed by atoms with Crippen molar-refractivity contribution in [2.24, 2.45) is 0 Å². The molecular formula is C24H33N3O5S. The Kier molecular flexibility index (Phi) is 8.47. The van der Waals surface area contributed by atoms with Crippen LogP contribution in [0.2, 0.25) is 0 Å². The zero-order valence-corrected chi connectivity index (χ0v) is 20.0. The number of rotatable bonds is 10. The van der Waals surface area contributed by atoms with Crippen molar-refractivity contribution in [1.82, 2.24) is 14.3 Å². The van der Waals surface area contributed by atoms with Crippen LogP contribution in [0.5, 0.6) is 5.75 Å². The minimum atomic E-state index is -3.70. The second kappa shape index (κ2) is 11.1. The number of piperidine rings is 1. The lowest BCUT2D eigenvalue weighted by atomic mass is 9.73. The summed E-state index contributed by atoms with van der Waals surface area (Å²) in [6.07, 6.45) is 1.62. The van der Waals surface area contributed by atoms with Gasteiger partial charge in [0.05, 0.1) is 19.3 Å². The van der Waals surface area contributed by atoms with Crippen LogP contribution >= 0.6 is 0 Å². The van der Waals surface area contributed by atoms with Gasteiger partial charge in [0.1, 0.15) is 5.75 Å². The summed E-state index contributed by atoms with van der Waals surface area (Å²) in [6, 6.07) is 16.5. The number of hydrogen-bond acceptors (Lipinski definition) is 5. The Balaban J connectivity index is 1.76. The van der Waals surface area contributed by atoms with E-state index in [1.807, 2.05) is 43.3 Å². The molecular weight excluding hydrogens is 442 g/mol. The van der Waals surface area contributed by atoms with E-state index in [4.69, 9.17) is 4.74 Å². The molecule has 0 aromatic heterocycles. The van der Waals surface area contributed by atoms with E-state index in [0.717, 1.165) is 5.56 Å². The molecule has 1 amide bonds. The van der Waals surface area contributed by atoms with Crippen molar-refractivity contribution in [3.05, 3.63) is 65.7 Å². The molecule has 9 heteroatoms. The predicted octanol–water partition coefficient (Wildman–Crippen LogP) is 2.06. The predicted molar refractivity (Wildman–Crippen MR) is 127 cm³/mol. The zero-order valence-electron chi connectivity index (χ0n) is 19.2. The van der Waals surface area contributed by atoms with Gasteiger partial charge in [-0.25, -0.2) is 0 Å². The molecule has 3 rings (SSSR count). The highest BCUT2D eigenvalue weighted by atomic mass is 32.2. The molecule has 180 valence electrons. The molecule has 0 bridgehead atoms. The average Bonchev–Trinajstić information content (AvgIpc) is 2.86. The number of aliphatic hydroxyl groups excluding tert-OH is 1. The van der Waals surface area contributed by atoms with Crippen LogP contribution in [-0.2, 0) is 15.6 Å². The Morgan fingerprint density at radius 2 is 1.76 bits per heavy atom. The highest BCUT2D eigenvalue weighted by molar-refractivity contribution is 7.87. The topological polar surface area (TPSA) is 108 Å². The minimum absolute atomic E-state index is 0.229. The van der Waals surface area contributed by atoms with E-state index in [0.29, 0.717) is 50.2 Å². The first-order valence-corrected chi connectivity index (χ1v) is 12.6. The average molecular weight is 476 g/mol. The van der Waals surface area contributed by atoms with E-state index in [1.165, 1.54) is 11.4 Å². The molecule has 0 radical (unpaired) electrons. The largest absolute Gasteiger partial charge is 0.496 e. The molecule has 1 heterocycles. The first kappa shape index (κ1) is 25.2. The van der Waals surface area contributed by atoms with Gasteiger partial charge in [0.15, 0.2) is 0 Å². The Morgan fingerprint density at radius 1 is 1.12 bits per heavy atom. The van der Waals surface area contributed by atoms with Crippen LogP contribution in [0.4, 0.5) is 0 Å². The normalized spacial score (nSPS) is 17.3. The highest BCUT2D eigenvalue weighted by Crippen LogP contribution is 2.36. The van der Waals surface area contributed by atoms with Gasteiger partial charge in [-0.1, -0.05) is 49.4 Å². The number of benzene rings is 2. The lowest BCUT2D eigenvalue weighted by Crippen LogP contribution is -2.54. The van der Waals surface area contributed by atoms with Crippen molar-refractivity contribution < 1.29 is 23.1 Å². The lowest BCUT2D eigenvalue weighted by Gasteiger charge is -2.42. The standard InChI is InChI=1S/C24H33N3O5S/c1-3-20(17-28)26-33(30,31)27-15-13-24(14-16-27,19-9-5-4-6-10-19)18-25-23(29)21-11-7-8-12-22(21)32-2/h4-12,20,26,28H,3,13-18H2,1-2H3,(H,25,29)/t20-/m1/s1. The summed E-state index contributed by atoms with van der Waals surface area (Å²) in [6.45, 7) is 2.59. The highest BCUT2D eigenvalue weighted by Gasteiger charge is 2.40. The third-order valence-electron chi connectivity index (χ3n) is 6.37. The summed E-state index contributed by atoms with van der Waals surface area (Å²) in [7, 11) is -2.17. The van der Waals surface area contributed by atoms with E-state index in [1.54, 1.807) is 18.2 Å². The molecule has 0 unspecified atom stereocenters. The third-order valence-corrected chi connectivity index (χ3v) is 8.05. The smallest absolute Gasteiger partial charge is 0.279 e. The molecule has 1 aliphatic rings. The first-order chi connectivity index (χ1) is 15.8. The molecule has 33 heavy (non-hydrogen) atoms. The summed E-state index contributed by atoms with van der Waals surface area (Å²) in [4.78, 5) is 12.9. The number of carbonyl (C=O) groups excluding carboxylic acids is 1. The number of para-hydroxylation sites is 1. The van der Waals surface area contributed by atoms with Crippen molar-refractivity contribution in [2.45, 2.75) is 37.6 Å². The molecule has 2 aromatic rings. The van der Waals surface area contributed by atoms with Crippen LogP contribution in [0.25, 0.3) is 0 Å². The number of aliphatic hydroxyl groups is 1. The quantitative estimate of drug-likeness (QED) is 0.488. The molecule has 2 aromatic carbocycles. The van der Waals surface area contributed by atoms with Gasteiger partial charge in [0.25, 0.3) is 16.1 Å². The van der Waals surface area contributed by atoms with Crippen LogP contribution in [0.1, 0.15) is 42.1 Å². The molecule has 1 saturated heterocycles. The molecule has 3 N–H and O–H groups in total. The Bertz CT molecular complexity index is 1020. The number of hydrogen-bond donors (Lipinski definition) is 3. The fourth-order valence-electron chi connectivity index (χ4n) is 4.23. The van der Waals surface area contributed by atoms with Crippen LogP contribution in [0.3, 0.4) is 0 Å². The molecule has 1 fully saturated rings. The van der Waals surface area contributed by atoms with Crippen LogP contribution in [0, 0.1) is 0 Å². The maximum Gasteiger partial charge on any atom is 0.279 e. The fraction of sp³-hybridized carbons (Fsp3) is 0.458. The molecule has 1 aliphatic heterocycles. The van der Waals surface area contributed by atoms with E-state index in [2.05, 4.69) is 10.0 Å². The first-order valence-electron chi connectivity index (χ1n) is 11.2. The molecule has 0 spiro atoms. The van der Waals surface area contributed by atoms with Gasteiger partial charge >= 0.3 is 0 Å². The van der Waals surface area contributed by atoms with Crippen molar-refractivity contribution in [2.75, 3.05) is 33.4 Å². The van der Waals surface area contributed by atoms with Gasteiger partial charge < -0.3 is 15.2 Å². The Morgan fingerprint density at radius 3 is 2.36 bits per heavy atom. The molecule has 8 nitrogen and oxygen atoms in total. The molecule has 0 aliphatic carbocycles. The summed E-state index contributed by atoms with van der Waals surface area (Å²) < 4.78 is 34.9. The number of amides is 1.